The topological polar surface area (TPSA) is 71.2 Å². The molecule has 0 atom stereocenters. The summed E-state index contributed by atoms with van der Waals surface area (Å²) in [5.41, 5.74) is 0. The van der Waals surface area contributed by atoms with Gasteiger partial charge in [0.2, 0.25) is 11.8 Å². The summed E-state index contributed by atoms with van der Waals surface area (Å²) in [6, 6.07) is 0. The number of anilines is 1. The zero-order chi connectivity index (χ0) is 11.6. The van der Waals surface area contributed by atoms with Gasteiger partial charge in [-0.3, -0.25) is 4.57 Å². The summed E-state index contributed by atoms with van der Waals surface area (Å²) in [6.45, 7) is 4.64. The van der Waals surface area contributed by atoms with Gasteiger partial charge in [0, 0.05) is 20.6 Å². The van der Waals surface area contributed by atoms with Crippen LogP contribution in [0.15, 0.2) is 0 Å². The van der Waals surface area contributed by atoms with Crippen LogP contribution < -0.4 is 4.90 Å². The van der Waals surface area contributed by atoms with Crippen molar-refractivity contribution in [2.75, 3.05) is 19.0 Å². The van der Waals surface area contributed by atoms with Crippen molar-refractivity contribution in [3.05, 3.63) is 5.82 Å². The fourth-order valence-corrected chi connectivity index (χ4v) is 1.32. The number of carboxylic acids is 1. The lowest BCUT2D eigenvalue weighted by Crippen LogP contribution is -2.20. The molecule has 0 spiro atoms. The van der Waals surface area contributed by atoms with Crippen molar-refractivity contribution in [3.63, 3.8) is 0 Å². The highest BCUT2D eigenvalue weighted by atomic mass is 16.4. The minimum absolute atomic E-state index is 0.00704. The zero-order valence-electron chi connectivity index (χ0n) is 9.43. The first kappa shape index (κ1) is 11.5. The van der Waals surface area contributed by atoms with E-state index >= 15 is 0 Å². The van der Waals surface area contributed by atoms with Crippen LogP contribution in [0.2, 0.25) is 0 Å². The van der Waals surface area contributed by atoms with Crippen LogP contribution >= 0.6 is 0 Å². The minimum atomic E-state index is -1.05. The van der Waals surface area contributed by atoms with Gasteiger partial charge in [-0.25, -0.2) is 4.79 Å². The summed E-state index contributed by atoms with van der Waals surface area (Å²) in [4.78, 5) is 12.6. The summed E-state index contributed by atoms with van der Waals surface area (Å²) >= 11 is 0. The van der Waals surface area contributed by atoms with Gasteiger partial charge in [0.25, 0.3) is 0 Å². The third-order valence-corrected chi connectivity index (χ3v) is 1.87. The van der Waals surface area contributed by atoms with Gasteiger partial charge >= 0.3 is 5.97 Å². The van der Waals surface area contributed by atoms with Crippen molar-refractivity contribution >= 4 is 11.9 Å². The third kappa shape index (κ3) is 2.45. The predicted molar refractivity (Wildman–Crippen MR) is 56.1 cm³/mol. The van der Waals surface area contributed by atoms with E-state index in [0.717, 1.165) is 0 Å². The van der Waals surface area contributed by atoms with Gasteiger partial charge in [0.15, 0.2) is 0 Å². The molecule has 84 valence electrons. The highest BCUT2D eigenvalue weighted by molar-refractivity contribution is 5.83. The Balaban J connectivity index is 3.14. The van der Waals surface area contributed by atoms with Crippen LogP contribution in [0.25, 0.3) is 0 Å². The highest BCUT2D eigenvalue weighted by Crippen LogP contribution is 2.13. The number of aromatic carboxylic acids is 1. The predicted octanol–water partition coefficient (Wildman–Crippen LogP) is 0.698. The van der Waals surface area contributed by atoms with Crippen LogP contribution in [0.5, 0.6) is 0 Å². The number of hydrogen-bond acceptors (Lipinski definition) is 4. The highest BCUT2D eigenvalue weighted by Gasteiger charge is 2.19. The second-order valence-corrected chi connectivity index (χ2v) is 4.03. The number of carboxylic acid groups (broad SMARTS) is 1. The Kier molecular flexibility index (Phi) is 3.28. The number of hydrogen-bond donors (Lipinski definition) is 1. The molecule has 0 radical (unpaired) electrons. The van der Waals surface area contributed by atoms with Gasteiger partial charge in [-0.2, -0.15) is 0 Å². The lowest BCUT2D eigenvalue weighted by molar-refractivity contribution is 0.0677. The second kappa shape index (κ2) is 4.29. The van der Waals surface area contributed by atoms with E-state index in [0.29, 0.717) is 18.4 Å². The Labute approximate surface area is 88.5 Å². The molecule has 0 saturated heterocycles. The molecule has 1 aromatic heterocycles. The van der Waals surface area contributed by atoms with Crippen LogP contribution in [0.3, 0.4) is 0 Å². The second-order valence-electron chi connectivity index (χ2n) is 4.03. The fraction of sp³-hybridized carbons (Fsp3) is 0.667. The third-order valence-electron chi connectivity index (χ3n) is 1.87. The van der Waals surface area contributed by atoms with E-state index in [1.54, 1.807) is 9.47 Å². The van der Waals surface area contributed by atoms with Crippen molar-refractivity contribution in [3.8, 4) is 0 Å². The molecule has 1 aromatic rings. The molecule has 1 heterocycles. The Morgan fingerprint density at radius 2 is 2.07 bits per heavy atom. The van der Waals surface area contributed by atoms with Gasteiger partial charge in [0.1, 0.15) is 0 Å². The molecule has 6 nitrogen and oxygen atoms in total. The largest absolute Gasteiger partial charge is 0.475 e. The molecule has 0 aromatic carbocycles. The molecular formula is C9H16N4O2. The number of carbonyl (C=O) groups is 1. The maximum absolute atomic E-state index is 10.9. The molecule has 0 aliphatic carbocycles. The molecule has 0 amide bonds. The Morgan fingerprint density at radius 1 is 1.47 bits per heavy atom. The molecule has 0 saturated carbocycles. The maximum atomic E-state index is 10.9. The molecule has 6 heteroatoms. The quantitative estimate of drug-likeness (QED) is 0.795. The lowest BCUT2D eigenvalue weighted by atomic mass is 10.2. The smallest absolute Gasteiger partial charge is 0.374 e. The van der Waals surface area contributed by atoms with Crippen molar-refractivity contribution < 1.29 is 9.90 Å². The standard InChI is InChI=1S/C9H16N4O2/c1-6(2)5-13-7(8(14)15)10-11-9(13)12(3)4/h6H,5H2,1-4H3,(H,14,15). The summed E-state index contributed by atoms with van der Waals surface area (Å²) in [6.07, 6.45) is 0. The summed E-state index contributed by atoms with van der Waals surface area (Å²) in [5.74, 6) is -0.137. The van der Waals surface area contributed by atoms with Crippen LogP contribution in [0.4, 0.5) is 5.95 Å². The summed E-state index contributed by atoms with van der Waals surface area (Å²) in [7, 11) is 3.62. The minimum Gasteiger partial charge on any atom is -0.475 e. The van der Waals surface area contributed by atoms with E-state index in [1.807, 2.05) is 27.9 Å². The van der Waals surface area contributed by atoms with Crippen LogP contribution in [0, 0.1) is 5.92 Å². The van der Waals surface area contributed by atoms with Crippen molar-refractivity contribution in [1.29, 1.82) is 0 Å². The van der Waals surface area contributed by atoms with Gasteiger partial charge in [-0.15, -0.1) is 10.2 Å². The van der Waals surface area contributed by atoms with Crippen LogP contribution in [-0.4, -0.2) is 39.9 Å². The molecule has 0 aliphatic heterocycles. The number of rotatable bonds is 4. The zero-order valence-corrected chi connectivity index (χ0v) is 9.43. The molecular weight excluding hydrogens is 196 g/mol. The van der Waals surface area contributed by atoms with Gasteiger partial charge in [-0.05, 0) is 5.92 Å². The van der Waals surface area contributed by atoms with Gasteiger partial charge < -0.3 is 10.0 Å². The Bertz CT molecular complexity index is 357. The van der Waals surface area contributed by atoms with Crippen molar-refractivity contribution in [2.45, 2.75) is 20.4 Å². The van der Waals surface area contributed by atoms with E-state index in [1.165, 1.54) is 0 Å². The Morgan fingerprint density at radius 3 is 2.47 bits per heavy atom. The average molecular weight is 212 g/mol. The molecule has 0 unspecified atom stereocenters. The van der Waals surface area contributed by atoms with Crippen molar-refractivity contribution in [1.82, 2.24) is 14.8 Å². The SMILES string of the molecule is CC(C)Cn1c(C(=O)O)nnc1N(C)C. The summed E-state index contributed by atoms with van der Waals surface area (Å²) < 4.78 is 1.62. The van der Waals surface area contributed by atoms with E-state index in [4.69, 9.17) is 5.11 Å². The molecule has 0 fully saturated rings. The molecule has 0 bridgehead atoms. The van der Waals surface area contributed by atoms with Gasteiger partial charge in [0.05, 0.1) is 0 Å². The van der Waals surface area contributed by atoms with Gasteiger partial charge in [-0.1, -0.05) is 13.8 Å². The molecule has 15 heavy (non-hydrogen) atoms. The van der Waals surface area contributed by atoms with Crippen molar-refractivity contribution in [2.24, 2.45) is 5.92 Å². The van der Waals surface area contributed by atoms with Crippen LogP contribution in [-0.2, 0) is 6.54 Å². The first-order valence-corrected chi connectivity index (χ1v) is 4.77. The first-order valence-electron chi connectivity index (χ1n) is 4.77. The number of nitrogens with zero attached hydrogens (tertiary/aromatic N) is 4. The lowest BCUT2D eigenvalue weighted by Gasteiger charge is -2.15. The van der Waals surface area contributed by atoms with E-state index < -0.39 is 5.97 Å². The molecule has 0 aliphatic rings. The summed E-state index contributed by atoms with van der Waals surface area (Å²) in [5, 5.41) is 16.4. The van der Waals surface area contributed by atoms with E-state index in [-0.39, 0.29) is 5.82 Å². The van der Waals surface area contributed by atoms with E-state index in [2.05, 4.69) is 10.2 Å². The van der Waals surface area contributed by atoms with Crippen LogP contribution in [0.1, 0.15) is 24.5 Å². The first-order chi connectivity index (χ1) is 6.93. The fourth-order valence-electron chi connectivity index (χ4n) is 1.32. The average Bonchev–Trinajstić information content (AvgIpc) is 2.46. The monoisotopic (exact) mass is 212 g/mol. The maximum Gasteiger partial charge on any atom is 0.374 e. The number of aromatic nitrogens is 3. The van der Waals surface area contributed by atoms with E-state index in [9.17, 15) is 4.79 Å². The Hall–Kier alpha value is -1.59. The molecule has 1 N–H and O–H groups in total. The normalized spacial score (nSPS) is 10.7. The molecule has 1 rings (SSSR count).